The van der Waals surface area contributed by atoms with Gasteiger partial charge in [-0.15, -0.1) is 0 Å². The maximum Gasteiger partial charge on any atom is 0.408 e. The number of carbonyl (C=O) groups is 8. The molecule has 0 bridgehead atoms. The number of ether oxygens (including phenoxy) is 3. The smallest absolute Gasteiger partial charge is 0.408 e. The average molecular weight is 1160 g/mol. The molecule has 3 aromatic rings. The number of rotatable bonds is 38. The van der Waals surface area contributed by atoms with Gasteiger partial charge in [-0.05, 0) is 123 Å². The topological polar surface area (TPSA) is 262 Å². The second kappa shape index (κ2) is 36.9. The quantitative estimate of drug-likeness (QED) is 0.00933. The summed E-state index contributed by atoms with van der Waals surface area (Å²) < 4.78 is 17.2. The van der Waals surface area contributed by atoms with Crippen LogP contribution >= 0.6 is 0 Å². The Morgan fingerprint density at radius 1 is 0.655 bits per heavy atom. The predicted octanol–water partition coefficient (Wildman–Crippen LogP) is 11.6. The Bertz CT molecular complexity index is 2590. The number of benzene rings is 3. The summed E-state index contributed by atoms with van der Waals surface area (Å²) in [6.07, 6.45) is 20.0. The number of fused-ring (bicyclic) bond motifs is 3. The first-order chi connectivity index (χ1) is 40.3. The minimum absolute atomic E-state index is 0.0439. The molecule has 0 aliphatic heterocycles. The van der Waals surface area contributed by atoms with Crippen LogP contribution in [0.15, 0.2) is 97.1 Å². The van der Waals surface area contributed by atoms with E-state index in [4.69, 9.17) is 19.9 Å². The van der Waals surface area contributed by atoms with Crippen LogP contribution in [0.4, 0.5) is 20.1 Å². The SMILES string of the molecule is CCC=CCC=CCCCCCC(CCCCCCC)C(C=O)OC(=O)C(C)(C)NC(=O)[C@H](CC(C)C)NC(=O)OCc1ccc(NC(=O)[C@H](CCCNC(N)=O)NC(=O)[C@@H](NC(=O)OCC2c3ccccc3-c3ccccc32)C(C)C)cc1. The van der Waals surface area contributed by atoms with Crippen LogP contribution in [-0.4, -0.2) is 91.1 Å². The maximum absolute atomic E-state index is 13.9. The van der Waals surface area contributed by atoms with Crippen LogP contribution in [-0.2, 0) is 44.8 Å². The third-order valence-electron chi connectivity index (χ3n) is 14.8. The molecule has 5 atom stereocenters. The lowest BCUT2D eigenvalue weighted by Gasteiger charge is -2.30. The molecule has 7 amide bonds. The molecule has 0 aromatic heterocycles. The first-order valence-electron chi connectivity index (χ1n) is 30.3. The lowest BCUT2D eigenvalue weighted by atomic mass is 9.89. The molecule has 1 aliphatic rings. The minimum atomic E-state index is -1.55. The number of esters is 1. The molecular weight excluding hydrogens is 1070 g/mol. The van der Waals surface area contributed by atoms with Crippen LogP contribution in [0.2, 0.25) is 0 Å². The zero-order valence-electron chi connectivity index (χ0n) is 50.9. The van der Waals surface area contributed by atoms with E-state index in [1.165, 1.54) is 13.8 Å². The van der Waals surface area contributed by atoms with Crippen molar-refractivity contribution in [1.29, 1.82) is 0 Å². The number of unbranched alkanes of at least 4 members (excludes halogenated alkanes) is 7. The zero-order valence-corrected chi connectivity index (χ0v) is 50.9. The number of carbonyl (C=O) groups excluding carboxylic acids is 8. The van der Waals surface area contributed by atoms with Crippen molar-refractivity contribution in [2.75, 3.05) is 18.5 Å². The highest BCUT2D eigenvalue weighted by Gasteiger charge is 2.38. The van der Waals surface area contributed by atoms with Crippen LogP contribution in [0.1, 0.15) is 181 Å². The summed E-state index contributed by atoms with van der Waals surface area (Å²) in [6, 6.07) is 18.3. The van der Waals surface area contributed by atoms with Crippen LogP contribution in [0.3, 0.4) is 0 Å². The molecule has 18 nitrogen and oxygen atoms in total. The van der Waals surface area contributed by atoms with Gasteiger partial charge in [0.25, 0.3) is 0 Å². The number of anilines is 1. The standard InChI is InChI=1S/C66H95N7O11/c1-9-11-13-15-16-17-18-19-21-23-30-48(29-22-20-14-12-10-2)57(42-74)84-62(78)66(7,8)73-60(76)56(41-45(3)4)71-64(80)82-43-47-36-38-49(39-37-47)69-59(75)55(35-28-40-68-63(67)79)70-61(77)58(46(5)6)72-65(81)83-44-54-52-33-26-24-31-50(52)51-32-25-27-34-53(51)54/h11,13,16-17,24-27,31-34,36-39,42,45-46,48,54-58H,9-10,12,14-15,18-23,28-30,35,40-41,43-44H2,1-8H3,(H,69,75)(H,70,77)(H,71,80)(H,72,81)(H,73,76)(H3,67,68,79)/t48?,55-,56-,57?,58-/m0/s1. The van der Waals surface area contributed by atoms with Gasteiger partial charge in [0, 0.05) is 24.1 Å². The summed E-state index contributed by atoms with van der Waals surface area (Å²) >= 11 is 0. The second-order valence-electron chi connectivity index (χ2n) is 23.1. The number of aldehydes is 1. The molecule has 460 valence electrons. The highest BCUT2D eigenvalue weighted by Crippen LogP contribution is 2.44. The molecule has 0 saturated carbocycles. The van der Waals surface area contributed by atoms with Crippen molar-refractivity contribution < 1.29 is 52.6 Å². The zero-order chi connectivity index (χ0) is 61.4. The molecule has 0 saturated heterocycles. The van der Waals surface area contributed by atoms with E-state index in [9.17, 15) is 38.4 Å². The normalized spacial score (nSPS) is 13.9. The first-order valence-corrected chi connectivity index (χ1v) is 30.3. The Morgan fingerprint density at radius 2 is 1.27 bits per heavy atom. The van der Waals surface area contributed by atoms with Gasteiger partial charge in [-0.2, -0.15) is 0 Å². The van der Waals surface area contributed by atoms with Gasteiger partial charge >= 0.3 is 24.2 Å². The van der Waals surface area contributed by atoms with Crippen LogP contribution in [0, 0.1) is 17.8 Å². The Morgan fingerprint density at radius 3 is 1.88 bits per heavy atom. The van der Waals surface area contributed by atoms with Gasteiger partial charge in [-0.1, -0.05) is 171 Å². The lowest BCUT2D eigenvalue weighted by Crippen LogP contribution is -2.57. The largest absolute Gasteiger partial charge is 0.453 e. The molecular formula is C66H95N7O11. The average Bonchev–Trinajstić information content (AvgIpc) is 4.01. The van der Waals surface area contributed by atoms with Crippen molar-refractivity contribution in [2.24, 2.45) is 23.5 Å². The van der Waals surface area contributed by atoms with Crippen LogP contribution in [0.25, 0.3) is 11.1 Å². The van der Waals surface area contributed by atoms with Crippen LogP contribution in [0.5, 0.6) is 0 Å². The molecule has 0 heterocycles. The van der Waals surface area contributed by atoms with E-state index in [2.05, 4.69) is 70.1 Å². The van der Waals surface area contributed by atoms with Crippen molar-refractivity contribution in [3.63, 3.8) is 0 Å². The van der Waals surface area contributed by atoms with E-state index >= 15 is 0 Å². The molecule has 84 heavy (non-hydrogen) atoms. The van der Waals surface area contributed by atoms with E-state index < -0.39 is 77.6 Å². The number of amides is 7. The molecule has 18 heteroatoms. The highest BCUT2D eigenvalue weighted by molar-refractivity contribution is 5.98. The molecule has 0 spiro atoms. The summed E-state index contributed by atoms with van der Waals surface area (Å²) in [6.45, 7) is 14.6. The summed E-state index contributed by atoms with van der Waals surface area (Å²) in [5.41, 5.74) is 8.85. The van der Waals surface area contributed by atoms with Crippen molar-refractivity contribution in [3.8, 4) is 11.1 Å². The fraction of sp³-hybridized carbons (Fsp3) is 0.545. The molecule has 4 rings (SSSR count). The van der Waals surface area contributed by atoms with Gasteiger partial charge in [-0.25, -0.2) is 19.2 Å². The Kier molecular flexibility index (Phi) is 30.3. The van der Waals surface area contributed by atoms with Gasteiger partial charge in [0.15, 0.2) is 12.4 Å². The molecule has 1 aliphatic carbocycles. The summed E-state index contributed by atoms with van der Waals surface area (Å²) in [5.74, 6) is -3.36. The van der Waals surface area contributed by atoms with Gasteiger partial charge in [0.05, 0.1) is 0 Å². The number of hydrogen-bond acceptors (Lipinski definition) is 11. The Labute approximate surface area is 498 Å². The van der Waals surface area contributed by atoms with E-state index in [-0.39, 0.29) is 56.8 Å². The highest BCUT2D eigenvalue weighted by atomic mass is 16.6. The van der Waals surface area contributed by atoms with E-state index in [0.29, 0.717) is 17.5 Å². The Hall–Kier alpha value is -7.50. The molecule has 2 unspecified atom stereocenters. The molecule has 8 N–H and O–H groups in total. The predicted molar refractivity (Wildman–Crippen MR) is 329 cm³/mol. The van der Waals surface area contributed by atoms with Crippen molar-refractivity contribution in [3.05, 3.63) is 114 Å². The molecule has 0 fully saturated rings. The van der Waals surface area contributed by atoms with Gasteiger partial charge < -0.3 is 51.8 Å². The van der Waals surface area contributed by atoms with E-state index in [1.807, 2.05) is 62.4 Å². The summed E-state index contributed by atoms with van der Waals surface area (Å²) in [7, 11) is 0. The monoisotopic (exact) mass is 1160 g/mol. The van der Waals surface area contributed by atoms with Crippen molar-refractivity contribution in [2.45, 2.75) is 200 Å². The van der Waals surface area contributed by atoms with Gasteiger partial charge in [0.2, 0.25) is 17.7 Å². The summed E-state index contributed by atoms with van der Waals surface area (Å²) in [5, 5.41) is 16.2. The minimum Gasteiger partial charge on any atom is -0.453 e. The number of hydrogen-bond donors (Lipinski definition) is 7. The fourth-order valence-electron chi connectivity index (χ4n) is 10.1. The second-order valence-corrected chi connectivity index (χ2v) is 23.1. The van der Waals surface area contributed by atoms with Gasteiger partial charge in [0.1, 0.15) is 36.9 Å². The van der Waals surface area contributed by atoms with E-state index in [0.717, 1.165) is 106 Å². The number of alkyl carbamates (subject to hydrolysis) is 2. The number of nitrogens with one attached hydrogen (secondary N) is 6. The van der Waals surface area contributed by atoms with Crippen LogP contribution < -0.4 is 37.6 Å². The number of urea groups is 1. The van der Waals surface area contributed by atoms with Crippen molar-refractivity contribution in [1.82, 2.24) is 26.6 Å². The fourth-order valence-corrected chi connectivity index (χ4v) is 10.1. The third kappa shape index (κ3) is 24.0. The lowest BCUT2D eigenvalue weighted by molar-refractivity contribution is -0.162. The van der Waals surface area contributed by atoms with Crippen molar-refractivity contribution >= 4 is 53.9 Å². The molecule has 3 aromatic carbocycles. The first kappa shape index (κ1) is 69.0. The number of primary amides is 1. The summed E-state index contributed by atoms with van der Waals surface area (Å²) in [4.78, 5) is 106. The Balaban J connectivity index is 1.32. The number of allylic oxidation sites excluding steroid dienone is 4. The van der Waals surface area contributed by atoms with E-state index in [1.54, 1.807) is 38.1 Å². The molecule has 0 radical (unpaired) electrons. The number of nitrogens with two attached hydrogens (primary N) is 1. The van der Waals surface area contributed by atoms with Gasteiger partial charge in [-0.3, -0.25) is 19.2 Å². The third-order valence-corrected chi connectivity index (χ3v) is 14.8. The maximum atomic E-state index is 13.9.